The number of halogens is 2. The highest BCUT2D eigenvalue weighted by molar-refractivity contribution is 7.95. The zero-order valence-electron chi connectivity index (χ0n) is 22.3. The van der Waals surface area contributed by atoms with Crippen LogP contribution < -0.4 is 42.4 Å². The highest BCUT2D eigenvalue weighted by atomic mass is 79.9. The largest absolute Gasteiger partial charge is 1.00 e. The molecule has 0 bridgehead atoms. The molecule has 40 heavy (non-hydrogen) atoms. The molecule has 0 aliphatic heterocycles. The first-order valence-corrected chi connectivity index (χ1v) is 15.4. The number of hydrogen-bond acceptors (Lipinski definition) is 2. The number of ether oxygens (including phenoxy) is 2. The van der Waals surface area contributed by atoms with Crippen molar-refractivity contribution in [1.82, 2.24) is 0 Å². The van der Waals surface area contributed by atoms with Crippen molar-refractivity contribution in [3.05, 3.63) is 151 Å². The lowest BCUT2D eigenvalue weighted by Crippen LogP contribution is -3.00. The van der Waals surface area contributed by atoms with E-state index in [4.69, 9.17) is 9.47 Å². The zero-order chi connectivity index (χ0) is 26.8. The second-order valence-corrected chi connectivity index (χ2v) is 13.1. The van der Waals surface area contributed by atoms with Crippen molar-refractivity contribution in [2.75, 3.05) is 19.4 Å². The van der Waals surface area contributed by atoms with Gasteiger partial charge < -0.3 is 26.5 Å². The van der Waals surface area contributed by atoms with E-state index in [2.05, 4.69) is 109 Å². The van der Waals surface area contributed by atoms with E-state index in [-0.39, 0.29) is 22.8 Å². The average molecular weight is 616 g/mol. The molecule has 0 spiro atoms. The van der Waals surface area contributed by atoms with Crippen molar-refractivity contribution in [2.45, 2.75) is 12.8 Å². The van der Waals surface area contributed by atoms with Crippen LogP contribution in [-0.2, 0) is 6.42 Å². The van der Waals surface area contributed by atoms with Gasteiger partial charge in [0.2, 0.25) is 0 Å². The van der Waals surface area contributed by atoms with E-state index in [1.165, 1.54) is 33.6 Å². The van der Waals surface area contributed by atoms with Crippen LogP contribution in [0.2, 0.25) is 0 Å². The van der Waals surface area contributed by atoms with Crippen molar-refractivity contribution in [3.8, 4) is 11.5 Å². The predicted octanol–water partition coefficient (Wildman–Crippen LogP) is 4.21. The molecule has 5 heteroatoms. The van der Waals surface area contributed by atoms with Crippen LogP contribution in [0.5, 0.6) is 11.5 Å². The molecule has 0 N–H and O–H groups in total. The second-order valence-electron chi connectivity index (χ2n) is 9.44. The molecule has 0 aromatic heterocycles. The van der Waals surface area contributed by atoms with Crippen LogP contribution in [0.15, 0.2) is 140 Å². The fourth-order valence-electron chi connectivity index (χ4n) is 4.94. The van der Waals surface area contributed by atoms with Crippen LogP contribution in [0.1, 0.15) is 12.0 Å². The lowest BCUT2D eigenvalue weighted by molar-refractivity contribution is -0.00000934. The molecule has 0 saturated heterocycles. The summed E-state index contributed by atoms with van der Waals surface area (Å²) in [5.41, 5.74) is 1.27. The summed E-state index contributed by atoms with van der Waals surface area (Å²) in [5.74, 6) is 1.28. The Morgan fingerprint density at radius 2 is 1.02 bits per heavy atom. The third kappa shape index (κ3) is 7.38. The Morgan fingerprint density at radius 1 is 0.525 bits per heavy atom. The molecule has 204 valence electrons. The molecule has 0 aliphatic rings. The molecular weight excluding hydrogens is 582 g/mol. The van der Waals surface area contributed by atoms with E-state index in [1.54, 1.807) is 12.1 Å². The molecule has 5 aromatic carbocycles. The highest BCUT2D eigenvalue weighted by Crippen LogP contribution is 2.55. The lowest BCUT2D eigenvalue weighted by atomic mass is 10.2. The van der Waals surface area contributed by atoms with Gasteiger partial charge in [-0.25, -0.2) is 4.39 Å². The van der Waals surface area contributed by atoms with Crippen LogP contribution in [-0.4, -0.2) is 19.4 Å². The van der Waals surface area contributed by atoms with Gasteiger partial charge in [0.1, 0.15) is 40.5 Å². The van der Waals surface area contributed by atoms with Gasteiger partial charge in [0.25, 0.3) is 0 Å². The summed E-state index contributed by atoms with van der Waals surface area (Å²) in [4.78, 5) is 0. The zero-order valence-corrected chi connectivity index (χ0v) is 24.8. The maximum atomic E-state index is 13.1. The van der Waals surface area contributed by atoms with Crippen molar-refractivity contribution in [1.29, 1.82) is 0 Å². The molecule has 0 atom stereocenters. The molecule has 5 aromatic rings. The van der Waals surface area contributed by atoms with Gasteiger partial charge in [0.15, 0.2) is 0 Å². The van der Waals surface area contributed by atoms with E-state index in [0.29, 0.717) is 19.0 Å². The lowest BCUT2D eigenvalue weighted by Gasteiger charge is -2.27. The quantitative estimate of drug-likeness (QED) is 0.155. The monoisotopic (exact) mass is 614 g/mol. The number of aryl methyl sites for hydroxylation is 1. The summed E-state index contributed by atoms with van der Waals surface area (Å²) in [6.45, 7) is 1.07. The van der Waals surface area contributed by atoms with Gasteiger partial charge in [-0.05, 0) is 78.4 Å². The maximum Gasteiger partial charge on any atom is 0.123 e. The Kier molecular flexibility index (Phi) is 10.9. The molecule has 5 rings (SSSR count). The summed E-state index contributed by atoms with van der Waals surface area (Å²) in [6, 6.07) is 47.5. The van der Waals surface area contributed by atoms with Gasteiger partial charge in [-0.1, -0.05) is 66.7 Å². The normalized spacial score (nSPS) is 10.9. The van der Waals surface area contributed by atoms with E-state index in [1.807, 2.05) is 6.07 Å². The minimum atomic E-state index is -1.88. The molecule has 0 heterocycles. The first kappa shape index (κ1) is 29.5. The van der Waals surface area contributed by atoms with Gasteiger partial charge in [-0.2, -0.15) is 0 Å². The standard InChI is InChI=1S/C35H33FO2P.BrH/c36-30-20-22-31(23-21-30)37-25-11-26-38-32-13-10-12-29(28-32)24-27-39(33-14-4-1-5-15-33,34-16-6-2-7-17-34)35-18-8-3-9-19-35;/h1-10,12-23,28H,11,24-27H2;1H/q+1;/p-1. The van der Waals surface area contributed by atoms with Gasteiger partial charge in [-0.3, -0.25) is 0 Å². The van der Waals surface area contributed by atoms with Crippen LogP contribution in [0.3, 0.4) is 0 Å². The van der Waals surface area contributed by atoms with Crippen LogP contribution in [0.25, 0.3) is 0 Å². The van der Waals surface area contributed by atoms with Crippen LogP contribution in [0, 0.1) is 5.82 Å². The molecule has 0 unspecified atom stereocenters. The summed E-state index contributed by atoms with van der Waals surface area (Å²) in [5, 5.41) is 4.20. The van der Waals surface area contributed by atoms with E-state index < -0.39 is 7.26 Å². The Hall–Kier alpha value is -3.46. The number of benzene rings is 5. The smallest absolute Gasteiger partial charge is 0.123 e. The Morgan fingerprint density at radius 3 is 1.55 bits per heavy atom. The van der Waals surface area contributed by atoms with Gasteiger partial charge in [-0.15, -0.1) is 0 Å². The van der Waals surface area contributed by atoms with Crippen molar-refractivity contribution >= 4 is 23.2 Å². The van der Waals surface area contributed by atoms with E-state index in [0.717, 1.165) is 24.8 Å². The second kappa shape index (κ2) is 14.8. The molecule has 0 amide bonds. The van der Waals surface area contributed by atoms with E-state index >= 15 is 0 Å². The Labute approximate surface area is 247 Å². The topological polar surface area (TPSA) is 18.5 Å². The minimum Gasteiger partial charge on any atom is -1.00 e. The molecule has 0 fully saturated rings. The van der Waals surface area contributed by atoms with Gasteiger partial charge in [0, 0.05) is 12.8 Å². The van der Waals surface area contributed by atoms with E-state index in [9.17, 15) is 4.39 Å². The van der Waals surface area contributed by atoms with Crippen molar-refractivity contribution < 1.29 is 30.8 Å². The SMILES string of the molecule is Fc1ccc(OCCCOc2cccc(CC[P+](c3ccccc3)(c3ccccc3)c3ccccc3)c2)cc1.[Br-]. The molecule has 0 aliphatic carbocycles. The van der Waals surface area contributed by atoms with Gasteiger partial charge >= 0.3 is 0 Å². The summed E-state index contributed by atoms with van der Waals surface area (Å²) in [7, 11) is -1.88. The summed E-state index contributed by atoms with van der Waals surface area (Å²) >= 11 is 0. The third-order valence-electron chi connectivity index (χ3n) is 6.87. The fourth-order valence-corrected chi connectivity index (χ4v) is 9.25. The average Bonchev–Trinajstić information content (AvgIpc) is 3.00. The summed E-state index contributed by atoms with van der Waals surface area (Å²) < 4.78 is 24.8. The molecular formula is C35H33BrFO2P. The first-order chi connectivity index (χ1) is 19.2. The highest BCUT2D eigenvalue weighted by Gasteiger charge is 2.44. The fraction of sp³-hybridized carbons (Fsp3) is 0.143. The van der Waals surface area contributed by atoms with Crippen LogP contribution >= 0.6 is 7.26 Å². The minimum absolute atomic E-state index is 0. The van der Waals surface area contributed by atoms with Crippen molar-refractivity contribution in [2.24, 2.45) is 0 Å². The number of hydrogen-bond donors (Lipinski definition) is 0. The summed E-state index contributed by atoms with van der Waals surface area (Å²) in [6.07, 6.45) is 2.71. The molecule has 0 saturated carbocycles. The Bertz CT molecular complexity index is 1330. The molecule has 0 radical (unpaired) electrons. The Balaban J connectivity index is 0.00000370. The van der Waals surface area contributed by atoms with Gasteiger partial charge in [0.05, 0.1) is 19.4 Å². The predicted molar refractivity (Wildman–Crippen MR) is 162 cm³/mol. The molecule has 2 nitrogen and oxygen atoms in total. The third-order valence-corrected chi connectivity index (χ3v) is 11.3. The maximum absolute atomic E-state index is 13.1. The number of rotatable bonds is 12. The first-order valence-electron chi connectivity index (χ1n) is 13.4. The van der Waals surface area contributed by atoms with Crippen LogP contribution in [0.4, 0.5) is 4.39 Å². The van der Waals surface area contributed by atoms with Crippen molar-refractivity contribution in [3.63, 3.8) is 0 Å².